The van der Waals surface area contributed by atoms with E-state index in [1.807, 2.05) is 10.6 Å². The first kappa shape index (κ1) is 19.3. The Bertz CT molecular complexity index is 1270. The first-order valence-electron chi connectivity index (χ1n) is 10.8. The topological polar surface area (TPSA) is 30.2 Å². The molecule has 0 aliphatic heterocycles. The SMILES string of the molecule is CCc1c(C)nc2cc(-c3ccc4c(c3)CCCC4)nn2c1-c1ccc(C)cc1Cl. The molecule has 3 nitrogen and oxygen atoms in total. The minimum atomic E-state index is 0.752. The van der Waals surface area contributed by atoms with E-state index in [0.717, 1.165) is 57.3 Å². The third-order valence-corrected chi connectivity index (χ3v) is 6.60. The second-order valence-corrected chi connectivity index (χ2v) is 8.76. The molecule has 0 amide bonds. The van der Waals surface area contributed by atoms with Gasteiger partial charge in [0.1, 0.15) is 0 Å². The van der Waals surface area contributed by atoms with Crippen LogP contribution < -0.4 is 0 Å². The molecule has 0 saturated carbocycles. The zero-order valence-electron chi connectivity index (χ0n) is 17.8. The van der Waals surface area contributed by atoms with Gasteiger partial charge in [-0.05, 0) is 80.3 Å². The zero-order chi connectivity index (χ0) is 20.8. The summed E-state index contributed by atoms with van der Waals surface area (Å²) >= 11 is 6.69. The summed E-state index contributed by atoms with van der Waals surface area (Å²) in [6.45, 7) is 6.30. The molecular weight excluding hydrogens is 390 g/mol. The van der Waals surface area contributed by atoms with Gasteiger partial charge in [0.05, 0.1) is 16.4 Å². The fraction of sp³-hybridized carbons (Fsp3) is 0.308. The molecule has 5 rings (SSSR count). The van der Waals surface area contributed by atoms with Gasteiger partial charge in [-0.25, -0.2) is 9.50 Å². The lowest BCUT2D eigenvalue weighted by atomic mass is 9.90. The van der Waals surface area contributed by atoms with Crippen molar-refractivity contribution in [2.24, 2.45) is 0 Å². The van der Waals surface area contributed by atoms with Gasteiger partial charge in [0.2, 0.25) is 0 Å². The molecule has 0 radical (unpaired) electrons. The molecule has 2 heterocycles. The predicted octanol–water partition coefficient (Wildman–Crippen LogP) is 6.77. The fourth-order valence-corrected chi connectivity index (χ4v) is 5.02. The van der Waals surface area contributed by atoms with Crippen molar-refractivity contribution >= 4 is 17.2 Å². The number of rotatable bonds is 3. The van der Waals surface area contributed by atoms with Crippen LogP contribution in [0, 0.1) is 13.8 Å². The molecule has 0 bridgehead atoms. The quantitative estimate of drug-likeness (QED) is 0.369. The Morgan fingerprint density at radius 2 is 1.77 bits per heavy atom. The molecule has 0 unspecified atom stereocenters. The minimum absolute atomic E-state index is 0.752. The minimum Gasteiger partial charge on any atom is -0.234 e. The normalized spacial score (nSPS) is 13.6. The smallest absolute Gasteiger partial charge is 0.156 e. The highest BCUT2D eigenvalue weighted by Gasteiger charge is 2.19. The van der Waals surface area contributed by atoms with Gasteiger partial charge in [0, 0.05) is 22.9 Å². The summed E-state index contributed by atoms with van der Waals surface area (Å²) in [5.41, 5.74) is 11.4. The number of fused-ring (bicyclic) bond motifs is 2. The van der Waals surface area contributed by atoms with Crippen LogP contribution >= 0.6 is 11.6 Å². The number of hydrogen-bond donors (Lipinski definition) is 0. The van der Waals surface area contributed by atoms with Crippen LogP contribution in [0.5, 0.6) is 0 Å². The summed E-state index contributed by atoms with van der Waals surface area (Å²) in [5.74, 6) is 0. The third-order valence-electron chi connectivity index (χ3n) is 6.28. The molecule has 0 N–H and O–H groups in total. The van der Waals surface area contributed by atoms with E-state index in [0.29, 0.717) is 0 Å². The van der Waals surface area contributed by atoms with Gasteiger partial charge in [0.15, 0.2) is 5.65 Å². The largest absolute Gasteiger partial charge is 0.234 e. The van der Waals surface area contributed by atoms with E-state index in [4.69, 9.17) is 21.7 Å². The molecule has 0 saturated heterocycles. The van der Waals surface area contributed by atoms with Gasteiger partial charge in [-0.15, -0.1) is 0 Å². The number of aryl methyl sites for hydroxylation is 4. The van der Waals surface area contributed by atoms with Crippen LogP contribution in [0.4, 0.5) is 0 Å². The molecule has 4 aromatic rings. The summed E-state index contributed by atoms with van der Waals surface area (Å²) in [6.07, 6.45) is 5.81. The summed E-state index contributed by atoms with van der Waals surface area (Å²) in [7, 11) is 0. The van der Waals surface area contributed by atoms with Crippen LogP contribution in [-0.2, 0) is 19.3 Å². The Morgan fingerprint density at radius 3 is 2.53 bits per heavy atom. The average molecular weight is 416 g/mol. The number of nitrogens with zero attached hydrogens (tertiary/aromatic N) is 3. The molecule has 30 heavy (non-hydrogen) atoms. The van der Waals surface area contributed by atoms with Crippen molar-refractivity contribution in [1.82, 2.24) is 14.6 Å². The predicted molar refractivity (Wildman–Crippen MR) is 124 cm³/mol. The maximum absolute atomic E-state index is 6.69. The molecule has 0 spiro atoms. The Hall–Kier alpha value is -2.65. The second kappa shape index (κ2) is 7.55. The van der Waals surface area contributed by atoms with Gasteiger partial charge >= 0.3 is 0 Å². The van der Waals surface area contributed by atoms with Crippen molar-refractivity contribution < 1.29 is 0 Å². The van der Waals surface area contributed by atoms with E-state index in [-0.39, 0.29) is 0 Å². The molecule has 1 aliphatic carbocycles. The molecular formula is C26H26ClN3. The van der Waals surface area contributed by atoms with Crippen molar-refractivity contribution in [3.05, 3.63) is 75.4 Å². The monoisotopic (exact) mass is 415 g/mol. The summed E-state index contributed by atoms with van der Waals surface area (Å²) in [4.78, 5) is 4.87. The van der Waals surface area contributed by atoms with E-state index in [1.54, 1.807) is 0 Å². The average Bonchev–Trinajstić information content (AvgIpc) is 3.16. The fourth-order valence-electron chi connectivity index (χ4n) is 4.70. The lowest BCUT2D eigenvalue weighted by molar-refractivity contribution is 0.686. The van der Waals surface area contributed by atoms with Gasteiger partial charge in [-0.3, -0.25) is 0 Å². The van der Waals surface area contributed by atoms with Crippen LogP contribution in [0.3, 0.4) is 0 Å². The molecule has 4 heteroatoms. The highest BCUT2D eigenvalue weighted by Crippen LogP contribution is 2.34. The lowest BCUT2D eigenvalue weighted by Crippen LogP contribution is -2.05. The molecule has 2 aromatic heterocycles. The molecule has 0 atom stereocenters. The van der Waals surface area contributed by atoms with Crippen molar-refractivity contribution in [2.75, 3.05) is 0 Å². The second-order valence-electron chi connectivity index (χ2n) is 8.35. The first-order valence-corrected chi connectivity index (χ1v) is 11.2. The van der Waals surface area contributed by atoms with E-state index in [2.05, 4.69) is 57.2 Å². The van der Waals surface area contributed by atoms with Crippen LogP contribution in [-0.4, -0.2) is 14.6 Å². The first-order chi connectivity index (χ1) is 14.5. The highest BCUT2D eigenvalue weighted by atomic mass is 35.5. The van der Waals surface area contributed by atoms with Crippen molar-refractivity contribution in [2.45, 2.75) is 52.9 Å². The maximum Gasteiger partial charge on any atom is 0.156 e. The maximum atomic E-state index is 6.69. The summed E-state index contributed by atoms with van der Waals surface area (Å²) in [6, 6.07) is 15.1. The van der Waals surface area contributed by atoms with Crippen LogP contribution in [0.1, 0.15) is 47.7 Å². The highest BCUT2D eigenvalue weighted by molar-refractivity contribution is 6.33. The Labute approximate surface area is 182 Å². The zero-order valence-corrected chi connectivity index (χ0v) is 18.6. The summed E-state index contributed by atoms with van der Waals surface area (Å²) < 4.78 is 1.98. The molecule has 0 fully saturated rings. The van der Waals surface area contributed by atoms with E-state index < -0.39 is 0 Å². The molecule has 152 valence electrons. The number of aromatic nitrogens is 3. The van der Waals surface area contributed by atoms with E-state index in [9.17, 15) is 0 Å². The summed E-state index contributed by atoms with van der Waals surface area (Å²) in [5, 5.41) is 5.77. The number of halogens is 1. The van der Waals surface area contributed by atoms with E-state index >= 15 is 0 Å². The van der Waals surface area contributed by atoms with Crippen LogP contribution in [0.15, 0.2) is 42.5 Å². The molecule has 1 aliphatic rings. The van der Waals surface area contributed by atoms with Gasteiger partial charge in [-0.1, -0.05) is 42.8 Å². The van der Waals surface area contributed by atoms with E-state index in [1.165, 1.54) is 36.0 Å². The Balaban J connectivity index is 1.73. The van der Waals surface area contributed by atoms with Gasteiger partial charge in [-0.2, -0.15) is 5.10 Å². The standard InChI is InChI=1S/C26H26ClN3/c1-4-21-17(3)28-25-15-24(20-11-10-18-7-5-6-8-19(18)14-20)29-30(25)26(21)22-12-9-16(2)13-23(22)27/h9-15H,4-8H2,1-3H3. The van der Waals surface area contributed by atoms with Crippen LogP contribution in [0.25, 0.3) is 28.2 Å². The van der Waals surface area contributed by atoms with Gasteiger partial charge < -0.3 is 0 Å². The van der Waals surface area contributed by atoms with Gasteiger partial charge in [0.25, 0.3) is 0 Å². The number of benzene rings is 2. The number of hydrogen-bond acceptors (Lipinski definition) is 2. The van der Waals surface area contributed by atoms with Crippen molar-refractivity contribution in [3.63, 3.8) is 0 Å². The third kappa shape index (κ3) is 3.22. The van der Waals surface area contributed by atoms with Crippen molar-refractivity contribution in [3.8, 4) is 22.5 Å². The lowest BCUT2D eigenvalue weighted by Gasteiger charge is -2.16. The van der Waals surface area contributed by atoms with Crippen molar-refractivity contribution in [1.29, 1.82) is 0 Å². The Morgan fingerprint density at radius 1 is 0.967 bits per heavy atom. The molecule has 2 aromatic carbocycles. The van der Waals surface area contributed by atoms with Crippen LogP contribution in [0.2, 0.25) is 5.02 Å². The Kier molecular flexibility index (Phi) is 4.86.